The molecule has 8 nitrogen and oxygen atoms in total. The zero-order chi connectivity index (χ0) is 15.6. The number of hydrazine groups is 1. The van der Waals surface area contributed by atoms with Gasteiger partial charge in [0.25, 0.3) is 5.91 Å². The van der Waals surface area contributed by atoms with Crippen molar-refractivity contribution in [2.75, 3.05) is 5.73 Å². The third-order valence-electron chi connectivity index (χ3n) is 2.85. The van der Waals surface area contributed by atoms with Gasteiger partial charge in [-0.2, -0.15) is 0 Å². The van der Waals surface area contributed by atoms with Crippen LogP contribution < -0.4 is 17.0 Å². The van der Waals surface area contributed by atoms with Crippen LogP contribution in [0.25, 0.3) is 11.3 Å². The van der Waals surface area contributed by atoms with Crippen LogP contribution >= 0.6 is 0 Å². The van der Waals surface area contributed by atoms with Crippen molar-refractivity contribution in [3.63, 3.8) is 0 Å². The molecule has 0 spiro atoms. The van der Waals surface area contributed by atoms with Crippen LogP contribution in [0.2, 0.25) is 0 Å². The average Bonchev–Trinajstić information content (AvgIpc) is 2.46. The number of nitrogens with one attached hydrogen (secondary N) is 1. The van der Waals surface area contributed by atoms with Gasteiger partial charge in [-0.1, -0.05) is 0 Å². The summed E-state index contributed by atoms with van der Waals surface area (Å²) in [7, 11) is 0. The van der Waals surface area contributed by atoms with Gasteiger partial charge in [0, 0.05) is 17.4 Å². The maximum Gasteiger partial charge on any atom is 0.339 e. The van der Waals surface area contributed by atoms with Crippen molar-refractivity contribution in [2.24, 2.45) is 5.84 Å². The van der Waals surface area contributed by atoms with Crippen molar-refractivity contribution in [2.45, 2.75) is 0 Å². The number of nitrogen functional groups attached to an aromatic ring is 2. The Kier molecular flexibility index (Phi) is 3.72. The first-order valence-corrected chi connectivity index (χ1v) is 5.77. The molecular weight excluding hydrogens is 276 g/mol. The number of nitrogens with two attached hydrogens (primary N) is 2. The van der Waals surface area contributed by atoms with Crippen LogP contribution in [-0.4, -0.2) is 27.1 Å². The van der Waals surface area contributed by atoms with E-state index in [1.807, 2.05) is 5.43 Å². The summed E-state index contributed by atoms with van der Waals surface area (Å²) in [5.74, 6) is 2.68. The summed E-state index contributed by atoms with van der Waals surface area (Å²) < 4.78 is 0. The fourth-order valence-corrected chi connectivity index (χ4v) is 1.84. The predicted octanol–water partition coefficient (Wildman–Crippen LogP) is 0.338. The highest BCUT2D eigenvalue weighted by atomic mass is 16.4. The highest BCUT2D eigenvalue weighted by molar-refractivity contribution is 5.98. The summed E-state index contributed by atoms with van der Waals surface area (Å²) in [6.45, 7) is 0. The molecule has 0 radical (unpaired) electrons. The molecule has 1 aromatic carbocycles. The summed E-state index contributed by atoms with van der Waals surface area (Å²) in [4.78, 5) is 26.5. The number of hydrogen-bond donors (Lipinski definition) is 5. The number of carbonyl (C=O) groups excluding carboxylic acids is 1. The smallest absolute Gasteiger partial charge is 0.339 e. The number of aromatic hydroxyl groups is 1. The number of rotatable bonds is 3. The summed E-state index contributed by atoms with van der Waals surface area (Å²) in [5, 5.41) is 19.1. The van der Waals surface area contributed by atoms with Crippen molar-refractivity contribution in [1.29, 1.82) is 0 Å². The molecule has 0 aliphatic rings. The lowest BCUT2D eigenvalue weighted by molar-refractivity contribution is 0.0693. The van der Waals surface area contributed by atoms with E-state index in [1.165, 1.54) is 30.5 Å². The third kappa shape index (κ3) is 2.60. The molecule has 0 aliphatic heterocycles. The number of hydrogen-bond acceptors (Lipinski definition) is 6. The number of carboxylic acid groups (broad SMARTS) is 1. The molecule has 2 rings (SSSR count). The van der Waals surface area contributed by atoms with Gasteiger partial charge in [0.2, 0.25) is 0 Å². The van der Waals surface area contributed by atoms with E-state index in [4.69, 9.17) is 16.7 Å². The highest BCUT2D eigenvalue weighted by Crippen LogP contribution is 2.36. The Bertz CT molecular complexity index is 730. The molecule has 108 valence electrons. The summed E-state index contributed by atoms with van der Waals surface area (Å²) >= 11 is 0. The minimum absolute atomic E-state index is 0.0431. The third-order valence-corrected chi connectivity index (χ3v) is 2.85. The predicted molar refractivity (Wildman–Crippen MR) is 74.4 cm³/mol. The van der Waals surface area contributed by atoms with Crippen molar-refractivity contribution >= 4 is 17.6 Å². The van der Waals surface area contributed by atoms with E-state index >= 15 is 0 Å². The Morgan fingerprint density at radius 1 is 1.24 bits per heavy atom. The van der Waals surface area contributed by atoms with E-state index in [-0.39, 0.29) is 28.1 Å². The zero-order valence-corrected chi connectivity index (χ0v) is 10.7. The second-order valence-corrected chi connectivity index (χ2v) is 4.13. The van der Waals surface area contributed by atoms with Gasteiger partial charge >= 0.3 is 5.97 Å². The van der Waals surface area contributed by atoms with Gasteiger partial charge in [0.05, 0.1) is 11.3 Å². The lowest BCUT2D eigenvalue weighted by atomic mass is 10.0. The number of amides is 1. The van der Waals surface area contributed by atoms with Crippen LogP contribution in [0.15, 0.2) is 30.5 Å². The minimum Gasteiger partial charge on any atom is -0.506 e. The number of carbonyl (C=O) groups is 2. The fraction of sp³-hybridized carbons (Fsp3) is 0. The molecule has 0 bridgehead atoms. The molecule has 0 atom stereocenters. The Morgan fingerprint density at radius 2 is 1.95 bits per heavy atom. The monoisotopic (exact) mass is 288 g/mol. The minimum atomic E-state index is -1.30. The number of aromatic carboxylic acids is 1. The Labute approximate surface area is 119 Å². The summed E-state index contributed by atoms with van der Waals surface area (Å²) in [5.41, 5.74) is 7.95. The second-order valence-electron chi connectivity index (χ2n) is 4.13. The molecular formula is C13H12N4O4. The van der Waals surface area contributed by atoms with E-state index in [9.17, 15) is 14.7 Å². The molecule has 2 aromatic rings. The molecule has 0 saturated carbocycles. The molecule has 7 N–H and O–H groups in total. The second kappa shape index (κ2) is 5.47. The molecule has 8 heteroatoms. The van der Waals surface area contributed by atoms with Gasteiger partial charge in [-0.15, -0.1) is 0 Å². The molecule has 1 amide bonds. The standard InChI is InChI=1S/C13H12N4O4/c14-8-2-1-7(13(20)21)11(18)10(8)9-5-6(3-4-16-9)12(19)17-15/h1-5,18H,14-15H2,(H,17,19)(H,20,21). The zero-order valence-electron chi connectivity index (χ0n) is 10.7. The lowest BCUT2D eigenvalue weighted by Crippen LogP contribution is -2.30. The van der Waals surface area contributed by atoms with Gasteiger partial charge in [0.15, 0.2) is 0 Å². The van der Waals surface area contributed by atoms with Gasteiger partial charge in [0.1, 0.15) is 11.3 Å². The van der Waals surface area contributed by atoms with Crippen molar-refractivity contribution in [3.8, 4) is 17.0 Å². The maximum atomic E-state index is 11.5. The van der Waals surface area contributed by atoms with Crippen LogP contribution in [0.1, 0.15) is 20.7 Å². The van der Waals surface area contributed by atoms with Crippen LogP contribution in [0.5, 0.6) is 5.75 Å². The maximum absolute atomic E-state index is 11.5. The van der Waals surface area contributed by atoms with Crippen LogP contribution in [0.4, 0.5) is 5.69 Å². The Hall–Kier alpha value is -3.13. The van der Waals surface area contributed by atoms with E-state index in [0.717, 1.165) is 0 Å². The SMILES string of the molecule is NNC(=O)c1ccnc(-c2c(N)ccc(C(=O)O)c2O)c1. The number of benzene rings is 1. The van der Waals surface area contributed by atoms with Crippen molar-refractivity contribution in [3.05, 3.63) is 41.6 Å². The van der Waals surface area contributed by atoms with Gasteiger partial charge in [-0.25, -0.2) is 10.6 Å². The largest absolute Gasteiger partial charge is 0.506 e. The van der Waals surface area contributed by atoms with E-state index < -0.39 is 17.6 Å². The molecule has 0 fully saturated rings. The first kappa shape index (κ1) is 14.3. The van der Waals surface area contributed by atoms with E-state index in [1.54, 1.807) is 0 Å². The first-order valence-electron chi connectivity index (χ1n) is 5.77. The lowest BCUT2D eigenvalue weighted by Gasteiger charge is -2.11. The fourth-order valence-electron chi connectivity index (χ4n) is 1.84. The van der Waals surface area contributed by atoms with Crippen molar-refractivity contribution < 1.29 is 19.8 Å². The molecule has 0 unspecified atom stereocenters. The molecule has 1 heterocycles. The van der Waals surface area contributed by atoms with Crippen LogP contribution in [0.3, 0.4) is 0 Å². The number of carboxylic acids is 1. The molecule has 1 aromatic heterocycles. The molecule has 21 heavy (non-hydrogen) atoms. The normalized spacial score (nSPS) is 10.1. The van der Waals surface area contributed by atoms with Crippen molar-refractivity contribution in [1.82, 2.24) is 10.4 Å². The van der Waals surface area contributed by atoms with E-state index in [2.05, 4.69) is 4.98 Å². The number of phenols is 1. The number of anilines is 1. The Balaban J connectivity index is 2.64. The molecule has 0 saturated heterocycles. The quantitative estimate of drug-likeness (QED) is 0.236. The number of nitrogens with zero attached hydrogens (tertiary/aromatic N) is 1. The first-order chi connectivity index (χ1) is 9.95. The summed E-state index contributed by atoms with van der Waals surface area (Å²) in [6, 6.07) is 5.29. The average molecular weight is 288 g/mol. The van der Waals surface area contributed by atoms with Crippen LogP contribution in [0, 0.1) is 0 Å². The molecule has 0 aliphatic carbocycles. The topological polar surface area (TPSA) is 152 Å². The number of aromatic nitrogens is 1. The van der Waals surface area contributed by atoms with Gasteiger partial charge < -0.3 is 15.9 Å². The van der Waals surface area contributed by atoms with Gasteiger partial charge in [-0.3, -0.25) is 15.2 Å². The van der Waals surface area contributed by atoms with E-state index in [0.29, 0.717) is 0 Å². The summed E-state index contributed by atoms with van der Waals surface area (Å²) in [6.07, 6.45) is 1.33. The van der Waals surface area contributed by atoms with Gasteiger partial charge in [-0.05, 0) is 24.3 Å². The highest BCUT2D eigenvalue weighted by Gasteiger charge is 2.19. The Morgan fingerprint density at radius 3 is 2.57 bits per heavy atom. The number of pyridine rings is 1. The van der Waals surface area contributed by atoms with Crippen LogP contribution in [-0.2, 0) is 0 Å².